The van der Waals surface area contributed by atoms with Crippen molar-refractivity contribution in [1.82, 2.24) is 4.31 Å². The average Bonchev–Trinajstić information content (AvgIpc) is 2.73. The Bertz CT molecular complexity index is 571. The molecule has 21 heavy (non-hydrogen) atoms. The minimum atomic E-state index is -3.64. The molecule has 6 heteroatoms. The lowest BCUT2D eigenvalue weighted by Gasteiger charge is -2.27. The van der Waals surface area contributed by atoms with E-state index in [-0.39, 0.29) is 17.5 Å². The smallest absolute Gasteiger partial charge is 0.243 e. The minimum Gasteiger partial charge on any atom is -0.395 e. The van der Waals surface area contributed by atoms with Gasteiger partial charge in [-0.05, 0) is 37.5 Å². The molecule has 1 fully saturated rings. The van der Waals surface area contributed by atoms with Crippen LogP contribution in [-0.2, 0) is 10.0 Å². The van der Waals surface area contributed by atoms with E-state index in [9.17, 15) is 18.6 Å². The zero-order valence-electron chi connectivity index (χ0n) is 12.3. The molecule has 0 bridgehead atoms. The van der Waals surface area contributed by atoms with Gasteiger partial charge in [0.05, 0.1) is 17.6 Å². The van der Waals surface area contributed by atoms with Gasteiger partial charge in [-0.15, -0.1) is 0 Å². The van der Waals surface area contributed by atoms with Crippen LogP contribution in [0.2, 0.25) is 0 Å². The Morgan fingerprint density at radius 3 is 2.76 bits per heavy atom. The van der Waals surface area contributed by atoms with Gasteiger partial charge in [0.15, 0.2) is 0 Å². The zero-order chi connectivity index (χ0) is 15.5. The van der Waals surface area contributed by atoms with Crippen LogP contribution in [0.15, 0.2) is 29.2 Å². The number of hydrogen-bond acceptors (Lipinski definition) is 4. The van der Waals surface area contributed by atoms with Crippen molar-refractivity contribution in [3.63, 3.8) is 0 Å². The van der Waals surface area contributed by atoms with Crippen LogP contribution in [0.4, 0.5) is 0 Å². The van der Waals surface area contributed by atoms with E-state index < -0.39 is 16.1 Å². The van der Waals surface area contributed by atoms with Crippen LogP contribution in [0.1, 0.15) is 44.3 Å². The Morgan fingerprint density at radius 1 is 1.33 bits per heavy atom. The molecular weight excluding hydrogens is 290 g/mol. The quantitative estimate of drug-likeness (QED) is 0.886. The highest BCUT2D eigenvalue weighted by molar-refractivity contribution is 7.89. The summed E-state index contributed by atoms with van der Waals surface area (Å²) < 4.78 is 27.1. The van der Waals surface area contributed by atoms with Gasteiger partial charge in [-0.25, -0.2) is 8.42 Å². The molecule has 0 radical (unpaired) electrons. The summed E-state index contributed by atoms with van der Waals surface area (Å²) in [4.78, 5) is 0.182. The zero-order valence-corrected chi connectivity index (χ0v) is 13.1. The number of aliphatic hydroxyl groups is 2. The van der Waals surface area contributed by atoms with Crippen molar-refractivity contribution in [2.24, 2.45) is 0 Å². The molecule has 1 heterocycles. The number of aliphatic hydroxyl groups excluding tert-OH is 2. The Labute approximate surface area is 126 Å². The first kappa shape index (κ1) is 16.4. The third-order valence-electron chi connectivity index (χ3n) is 3.98. The maximum absolute atomic E-state index is 12.8. The molecule has 118 valence electrons. The number of nitrogens with zero attached hydrogens (tertiary/aromatic N) is 1. The SMILES string of the molecule is CC(O)c1cccc(S(=O)(=O)N2CCCCCC2CO)c1. The second-order valence-corrected chi connectivity index (χ2v) is 7.44. The summed E-state index contributed by atoms with van der Waals surface area (Å²) in [6, 6.07) is 6.05. The minimum absolute atomic E-state index is 0.157. The summed E-state index contributed by atoms with van der Waals surface area (Å²) in [6.07, 6.45) is 2.71. The van der Waals surface area contributed by atoms with Gasteiger partial charge < -0.3 is 10.2 Å². The molecule has 0 aromatic heterocycles. The van der Waals surface area contributed by atoms with E-state index in [1.54, 1.807) is 25.1 Å². The summed E-state index contributed by atoms with van der Waals surface area (Å²) in [7, 11) is -3.64. The third-order valence-corrected chi connectivity index (χ3v) is 5.93. The normalized spacial score (nSPS) is 22.7. The molecule has 0 amide bonds. The highest BCUT2D eigenvalue weighted by atomic mass is 32.2. The van der Waals surface area contributed by atoms with Gasteiger partial charge in [0, 0.05) is 12.6 Å². The lowest BCUT2D eigenvalue weighted by molar-refractivity contribution is 0.186. The van der Waals surface area contributed by atoms with Gasteiger partial charge in [0.2, 0.25) is 10.0 Å². The Morgan fingerprint density at radius 2 is 2.10 bits per heavy atom. The topological polar surface area (TPSA) is 77.8 Å². The van der Waals surface area contributed by atoms with Crippen molar-refractivity contribution < 1.29 is 18.6 Å². The molecule has 2 atom stereocenters. The molecule has 1 aromatic carbocycles. The molecule has 2 N–H and O–H groups in total. The second-order valence-electron chi connectivity index (χ2n) is 5.55. The van der Waals surface area contributed by atoms with Crippen molar-refractivity contribution in [1.29, 1.82) is 0 Å². The molecule has 0 aliphatic carbocycles. The van der Waals surface area contributed by atoms with Gasteiger partial charge in [0.1, 0.15) is 0 Å². The number of benzene rings is 1. The molecule has 1 aromatic rings. The second kappa shape index (κ2) is 6.87. The maximum atomic E-state index is 12.8. The predicted molar refractivity (Wildman–Crippen MR) is 80.3 cm³/mol. The fraction of sp³-hybridized carbons (Fsp3) is 0.600. The number of hydrogen-bond donors (Lipinski definition) is 2. The van der Waals surface area contributed by atoms with Crippen molar-refractivity contribution in [2.75, 3.05) is 13.2 Å². The van der Waals surface area contributed by atoms with Crippen molar-refractivity contribution >= 4 is 10.0 Å². The molecular formula is C15H23NO4S. The fourth-order valence-electron chi connectivity index (χ4n) is 2.72. The largest absolute Gasteiger partial charge is 0.395 e. The summed E-state index contributed by atoms with van der Waals surface area (Å²) in [6.45, 7) is 1.88. The lowest BCUT2D eigenvalue weighted by atomic mass is 10.1. The molecule has 0 saturated carbocycles. The van der Waals surface area contributed by atoms with Gasteiger partial charge in [-0.2, -0.15) is 4.31 Å². The molecule has 2 rings (SSSR count). The van der Waals surface area contributed by atoms with Gasteiger partial charge in [-0.1, -0.05) is 25.0 Å². The molecule has 1 aliphatic heterocycles. The van der Waals surface area contributed by atoms with Crippen LogP contribution >= 0.6 is 0 Å². The summed E-state index contributed by atoms with van der Waals surface area (Å²) >= 11 is 0. The maximum Gasteiger partial charge on any atom is 0.243 e. The van der Waals surface area contributed by atoms with E-state index in [1.807, 2.05) is 0 Å². The van der Waals surface area contributed by atoms with E-state index in [0.717, 1.165) is 19.3 Å². The van der Waals surface area contributed by atoms with Crippen LogP contribution in [0.3, 0.4) is 0 Å². The van der Waals surface area contributed by atoms with E-state index in [0.29, 0.717) is 18.5 Å². The summed E-state index contributed by atoms with van der Waals surface area (Å²) in [5.41, 5.74) is 0.575. The fourth-order valence-corrected chi connectivity index (χ4v) is 4.46. The highest BCUT2D eigenvalue weighted by Gasteiger charge is 2.32. The molecule has 5 nitrogen and oxygen atoms in total. The van der Waals surface area contributed by atoms with E-state index in [1.165, 1.54) is 10.4 Å². The van der Waals surface area contributed by atoms with E-state index in [2.05, 4.69) is 0 Å². The van der Waals surface area contributed by atoms with Crippen LogP contribution < -0.4 is 0 Å². The van der Waals surface area contributed by atoms with Crippen LogP contribution in [0, 0.1) is 0 Å². The predicted octanol–water partition coefficient (Wildman–Crippen LogP) is 1.67. The van der Waals surface area contributed by atoms with Gasteiger partial charge >= 0.3 is 0 Å². The monoisotopic (exact) mass is 313 g/mol. The van der Waals surface area contributed by atoms with Crippen molar-refractivity contribution in [3.05, 3.63) is 29.8 Å². The van der Waals surface area contributed by atoms with Gasteiger partial charge in [0.25, 0.3) is 0 Å². The molecule has 1 saturated heterocycles. The van der Waals surface area contributed by atoms with E-state index >= 15 is 0 Å². The van der Waals surface area contributed by atoms with Gasteiger partial charge in [-0.3, -0.25) is 0 Å². The first-order valence-corrected chi connectivity index (χ1v) is 8.81. The first-order valence-electron chi connectivity index (χ1n) is 7.37. The standard InChI is InChI=1S/C15H23NO4S/c1-12(18)13-6-5-8-15(10-13)21(19,20)16-9-4-2-3-7-14(16)11-17/h5-6,8,10,12,14,17-18H,2-4,7,9,11H2,1H3. The lowest BCUT2D eigenvalue weighted by Crippen LogP contribution is -2.42. The first-order chi connectivity index (χ1) is 9.96. The summed E-state index contributed by atoms with van der Waals surface area (Å²) in [5.74, 6) is 0. The Kier molecular flexibility index (Phi) is 5.37. The number of rotatable bonds is 4. The van der Waals surface area contributed by atoms with Crippen LogP contribution in [0.25, 0.3) is 0 Å². The van der Waals surface area contributed by atoms with Crippen LogP contribution in [-0.4, -0.2) is 42.1 Å². The summed E-state index contributed by atoms with van der Waals surface area (Å²) in [5, 5.41) is 19.1. The van der Waals surface area contributed by atoms with Crippen LogP contribution in [0.5, 0.6) is 0 Å². The highest BCUT2D eigenvalue weighted by Crippen LogP contribution is 2.26. The van der Waals surface area contributed by atoms with Crippen molar-refractivity contribution in [2.45, 2.75) is 49.6 Å². The third kappa shape index (κ3) is 3.63. The molecule has 2 unspecified atom stereocenters. The van der Waals surface area contributed by atoms with Crippen molar-refractivity contribution in [3.8, 4) is 0 Å². The van der Waals surface area contributed by atoms with E-state index in [4.69, 9.17) is 0 Å². The Balaban J connectivity index is 2.37. The average molecular weight is 313 g/mol. The molecule has 1 aliphatic rings. The molecule has 0 spiro atoms. The number of sulfonamides is 1. The Hall–Kier alpha value is -0.950.